The van der Waals surface area contributed by atoms with E-state index in [1.165, 1.54) is 30.3 Å². The van der Waals surface area contributed by atoms with E-state index >= 15 is 0 Å². The lowest BCUT2D eigenvalue weighted by Crippen LogP contribution is -2.56. The highest BCUT2D eigenvalue weighted by atomic mass is 19.1. The van der Waals surface area contributed by atoms with E-state index in [4.69, 9.17) is 4.52 Å². The second kappa shape index (κ2) is 14.3. The highest BCUT2D eigenvalue weighted by molar-refractivity contribution is 5.97. The van der Waals surface area contributed by atoms with Gasteiger partial charge in [-0.15, -0.1) is 0 Å². The van der Waals surface area contributed by atoms with Crippen molar-refractivity contribution in [1.29, 1.82) is 0 Å². The van der Waals surface area contributed by atoms with Crippen LogP contribution in [0, 0.1) is 24.6 Å². The first-order valence-corrected chi connectivity index (χ1v) is 13.4. The number of hydrogen-bond acceptors (Lipinski definition) is 7. The highest BCUT2D eigenvalue weighted by Gasteiger charge is 2.31. The van der Waals surface area contributed by atoms with Gasteiger partial charge in [0.2, 0.25) is 17.7 Å². The van der Waals surface area contributed by atoms with Gasteiger partial charge in [-0.05, 0) is 56.2 Å². The third-order valence-electron chi connectivity index (χ3n) is 6.61. The smallest absolute Gasteiger partial charge is 0.274 e. The summed E-state index contributed by atoms with van der Waals surface area (Å²) in [5.41, 5.74) is 0.557. The fourth-order valence-corrected chi connectivity index (χ4v) is 4.55. The van der Waals surface area contributed by atoms with Gasteiger partial charge in [0, 0.05) is 24.9 Å². The lowest BCUT2D eigenvalue weighted by molar-refractivity contribution is -0.132. The molecular formula is C28H36FN5O6. The molecule has 4 amide bonds. The SMILES string of the molecule is Cc1cc(C(=O)N[C@@H](Cc2ccc(F)cc2)C(=O)N[C@@H](CC(C)C)C(=O)NC(C=O)C[C@@H]2CCCNC2=O)no1. The summed E-state index contributed by atoms with van der Waals surface area (Å²) >= 11 is 0. The van der Waals surface area contributed by atoms with Crippen LogP contribution < -0.4 is 21.3 Å². The van der Waals surface area contributed by atoms with Gasteiger partial charge >= 0.3 is 0 Å². The summed E-state index contributed by atoms with van der Waals surface area (Å²) in [5.74, 6) is -2.46. The fourth-order valence-electron chi connectivity index (χ4n) is 4.55. The number of nitrogens with one attached hydrogen (secondary N) is 4. The first-order valence-electron chi connectivity index (χ1n) is 13.4. The van der Waals surface area contributed by atoms with Crippen LogP contribution in [0.1, 0.15) is 61.3 Å². The fraction of sp³-hybridized carbons (Fsp3) is 0.500. The van der Waals surface area contributed by atoms with E-state index in [1.54, 1.807) is 6.92 Å². The molecule has 216 valence electrons. The van der Waals surface area contributed by atoms with E-state index in [0.717, 1.165) is 6.42 Å². The maximum Gasteiger partial charge on any atom is 0.274 e. The van der Waals surface area contributed by atoms with Crippen LogP contribution in [0.3, 0.4) is 0 Å². The topological polar surface area (TPSA) is 160 Å². The van der Waals surface area contributed by atoms with Gasteiger partial charge in [0.1, 0.15) is 29.9 Å². The number of halogens is 1. The molecule has 0 radical (unpaired) electrons. The minimum absolute atomic E-state index is 0.00176. The number of benzene rings is 1. The van der Waals surface area contributed by atoms with Crippen molar-refractivity contribution in [3.05, 3.63) is 53.2 Å². The van der Waals surface area contributed by atoms with Crippen molar-refractivity contribution < 1.29 is 32.9 Å². The number of piperidine rings is 1. The zero-order valence-electron chi connectivity index (χ0n) is 22.9. The molecule has 0 saturated carbocycles. The Kier molecular flexibility index (Phi) is 10.9. The van der Waals surface area contributed by atoms with E-state index in [1.807, 2.05) is 13.8 Å². The van der Waals surface area contributed by atoms with E-state index < -0.39 is 47.6 Å². The number of carbonyl (C=O) groups is 5. The molecule has 1 aliphatic heterocycles. The number of rotatable bonds is 13. The maximum atomic E-state index is 13.5. The Labute approximate surface area is 232 Å². The molecule has 3 rings (SSSR count). The van der Waals surface area contributed by atoms with Crippen LogP contribution in [0.25, 0.3) is 0 Å². The molecule has 11 nitrogen and oxygen atoms in total. The number of aldehydes is 1. The molecule has 2 aromatic rings. The Morgan fingerprint density at radius 1 is 1.12 bits per heavy atom. The normalized spacial score (nSPS) is 17.3. The molecule has 0 spiro atoms. The van der Waals surface area contributed by atoms with Gasteiger partial charge in [0.15, 0.2) is 5.69 Å². The monoisotopic (exact) mass is 557 g/mol. The summed E-state index contributed by atoms with van der Waals surface area (Å²) in [6.45, 7) is 5.96. The molecule has 12 heteroatoms. The zero-order chi connectivity index (χ0) is 29.2. The molecular weight excluding hydrogens is 521 g/mol. The van der Waals surface area contributed by atoms with E-state index in [2.05, 4.69) is 26.4 Å². The summed E-state index contributed by atoms with van der Waals surface area (Å²) in [5, 5.41) is 14.4. The minimum atomic E-state index is -1.13. The Hall–Kier alpha value is -4.09. The van der Waals surface area contributed by atoms with Gasteiger partial charge in [-0.3, -0.25) is 19.2 Å². The molecule has 2 heterocycles. The Balaban J connectivity index is 1.74. The predicted molar refractivity (Wildman–Crippen MR) is 142 cm³/mol. The first-order chi connectivity index (χ1) is 19.0. The van der Waals surface area contributed by atoms with Crippen LogP contribution >= 0.6 is 0 Å². The number of aryl methyl sites for hydroxylation is 1. The van der Waals surface area contributed by atoms with Gasteiger partial charge in [-0.25, -0.2) is 4.39 Å². The van der Waals surface area contributed by atoms with Crippen molar-refractivity contribution in [2.45, 2.75) is 71.0 Å². The van der Waals surface area contributed by atoms with Crippen molar-refractivity contribution in [3.63, 3.8) is 0 Å². The molecule has 0 aliphatic carbocycles. The molecule has 40 heavy (non-hydrogen) atoms. The third-order valence-corrected chi connectivity index (χ3v) is 6.61. The van der Waals surface area contributed by atoms with Gasteiger partial charge in [0.25, 0.3) is 5.91 Å². The Morgan fingerprint density at radius 3 is 2.42 bits per heavy atom. The molecule has 1 unspecified atom stereocenters. The summed E-state index contributed by atoms with van der Waals surface area (Å²) in [6.07, 6.45) is 2.42. The molecule has 0 bridgehead atoms. The van der Waals surface area contributed by atoms with E-state index in [9.17, 15) is 28.4 Å². The summed E-state index contributed by atoms with van der Waals surface area (Å²) < 4.78 is 18.4. The van der Waals surface area contributed by atoms with Gasteiger partial charge in [-0.1, -0.05) is 31.1 Å². The maximum absolute atomic E-state index is 13.5. The van der Waals surface area contributed by atoms with Crippen LogP contribution in [0.15, 0.2) is 34.9 Å². The molecule has 1 aromatic carbocycles. The summed E-state index contributed by atoms with van der Waals surface area (Å²) in [6, 6.07) is 3.85. The molecule has 1 saturated heterocycles. The van der Waals surface area contributed by atoms with E-state index in [0.29, 0.717) is 30.6 Å². The largest absolute Gasteiger partial charge is 0.361 e. The number of nitrogens with zero attached hydrogens (tertiary/aromatic N) is 1. The average Bonchev–Trinajstić information content (AvgIpc) is 3.36. The highest BCUT2D eigenvalue weighted by Crippen LogP contribution is 2.17. The van der Waals surface area contributed by atoms with Gasteiger partial charge in [0.05, 0.1) is 6.04 Å². The number of aromatic nitrogens is 1. The quantitative estimate of drug-likeness (QED) is 0.272. The second-order valence-corrected chi connectivity index (χ2v) is 10.5. The van der Waals surface area contributed by atoms with Crippen LogP contribution in [-0.4, -0.2) is 59.7 Å². The zero-order valence-corrected chi connectivity index (χ0v) is 22.9. The Morgan fingerprint density at radius 2 is 1.82 bits per heavy atom. The van der Waals surface area contributed by atoms with E-state index in [-0.39, 0.29) is 36.8 Å². The van der Waals surface area contributed by atoms with Crippen molar-refractivity contribution >= 4 is 29.9 Å². The second-order valence-electron chi connectivity index (χ2n) is 10.5. The third kappa shape index (κ3) is 8.99. The van der Waals surface area contributed by atoms with Gasteiger partial charge in [-0.2, -0.15) is 0 Å². The molecule has 1 aliphatic rings. The lowest BCUT2D eigenvalue weighted by atomic mass is 9.91. The van der Waals surface area contributed by atoms with Crippen LogP contribution in [-0.2, 0) is 25.6 Å². The van der Waals surface area contributed by atoms with Crippen molar-refractivity contribution in [1.82, 2.24) is 26.4 Å². The standard InChI is InChI=1S/C28H36FN5O6/c1-16(2)11-22(26(37)31-21(15-35)14-19-5-4-10-30-25(19)36)32-27(38)23(13-18-6-8-20(29)9-7-18)33-28(39)24-12-17(3)40-34-24/h6-9,12,15-16,19,21-23H,4-5,10-11,13-14H2,1-3H3,(H,30,36)(H,31,37)(H,32,38)(H,33,39)/t19-,21?,22-,23-/m0/s1. The van der Waals surface area contributed by atoms with Crippen molar-refractivity contribution in [3.8, 4) is 0 Å². The molecule has 4 N–H and O–H groups in total. The van der Waals surface area contributed by atoms with Gasteiger partial charge < -0.3 is 30.6 Å². The number of amides is 4. The average molecular weight is 558 g/mol. The number of carbonyl (C=O) groups excluding carboxylic acids is 5. The van der Waals surface area contributed by atoms with Crippen molar-refractivity contribution in [2.24, 2.45) is 11.8 Å². The lowest BCUT2D eigenvalue weighted by Gasteiger charge is -2.27. The Bertz CT molecular complexity index is 1200. The molecule has 4 atom stereocenters. The molecule has 1 fully saturated rings. The predicted octanol–water partition coefficient (Wildman–Crippen LogP) is 1.59. The van der Waals surface area contributed by atoms with Crippen LogP contribution in [0.5, 0.6) is 0 Å². The summed E-state index contributed by atoms with van der Waals surface area (Å²) in [7, 11) is 0. The summed E-state index contributed by atoms with van der Waals surface area (Å²) in [4.78, 5) is 63.4. The molecule has 1 aromatic heterocycles. The van der Waals surface area contributed by atoms with Crippen LogP contribution in [0.4, 0.5) is 4.39 Å². The minimum Gasteiger partial charge on any atom is -0.361 e. The number of hydrogen-bond donors (Lipinski definition) is 4. The van der Waals surface area contributed by atoms with Crippen LogP contribution in [0.2, 0.25) is 0 Å². The van der Waals surface area contributed by atoms with Crippen molar-refractivity contribution in [2.75, 3.05) is 6.54 Å². The first kappa shape index (κ1) is 30.5.